The monoisotopic (exact) mass is 440 g/mol. The van der Waals surface area contributed by atoms with Crippen molar-refractivity contribution in [1.29, 1.82) is 0 Å². The first kappa shape index (κ1) is 20.8. The van der Waals surface area contributed by atoms with E-state index < -0.39 is 11.7 Å². The SMILES string of the molecule is O=C(CSc1nnc(-c2cccnc2)n1-c1cccc(C(F)(F)F)c1)c1ccccc1. The highest BCUT2D eigenvalue weighted by Crippen LogP contribution is 2.33. The number of carbonyl (C=O) groups is 1. The number of hydrogen-bond acceptors (Lipinski definition) is 5. The molecule has 0 saturated carbocycles. The van der Waals surface area contributed by atoms with E-state index in [0.717, 1.165) is 23.9 Å². The second-order valence-electron chi connectivity index (χ2n) is 6.51. The van der Waals surface area contributed by atoms with Crippen LogP contribution in [0.5, 0.6) is 0 Å². The minimum absolute atomic E-state index is 0.0636. The van der Waals surface area contributed by atoms with Crippen LogP contribution in [0.2, 0.25) is 0 Å². The van der Waals surface area contributed by atoms with Crippen LogP contribution in [-0.2, 0) is 6.18 Å². The summed E-state index contributed by atoms with van der Waals surface area (Å²) < 4.78 is 41.3. The van der Waals surface area contributed by atoms with Gasteiger partial charge in [-0.15, -0.1) is 10.2 Å². The molecule has 9 heteroatoms. The molecule has 4 rings (SSSR count). The van der Waals surface area contributed by atoms with Gasteiger partial charge in [0.25, 0.3) is 0 Å². The van der Waals surface area contributed by atoms with Gasteiger partial charge in [0, 0.05) is 23.5 Å². The topological polar surface area (TPSA) is 60.7 Å². The van der Waals surface area contributed by atoms with Crippen LogP contribution in [0.15, 0.2) is 84.3 Å². The summed E-state index contributed by atoms with van der Waals surface area (Å²) in [5.74, 6) is 0.280. The summed E-state index contributed by atoms with van der Waals surface area (Å²) in [6, 6.07) is 17.1. The average Bonchev–Trinajstić information content (AvgIpc) is 3.22. The molecule has 0 unspecified atom stereocenters. The van der Waals surface area contributed by atoms with Crippen LogP contribution in [0.4, 0.5) is 13.2 Å². The van der Waals surface area contributed by atoms with Gasteiger partial charge in [0.2, 0.25) is 0 Å². The average molecular weight is 440 g/mol. The van der Waals surface area contributed by atoms with Gasteiger partial charge in [-0.2, -0.15) is 13.2 Å². The Balaban J connectivity index is 1.73. The number of hydrogen-bond donors (Lipinski definition) is 0. The Morgan fingerprint density at radius 2 is 1.77 bits per heavy atom. The molecule has 0 aliphatic rings. The highest BCUT2D eigenvalue weighted by Gasteiger charge is 2.31. The number of nitrogens with zero attached hydrogens (tertiary/aromatic N) is 4. The number of thioether (sulfide) groups is 1. The van der Waals surface area contributed by atoms with E-state index in [-0.39, 0.29) is 17.2 Å². The van der Waals surface area contributed by atoms with Gasteiger partial charge in [-0.1, -0.05) is 48.2 Å². The van der Waals surface area contributed by atoms with Crippen molar-refractivity contribution in [3.8, 4) is 17.1 Å². The predicted molar refractivity (Wildman–Crippen MR) is 111 cm³/mol. The Labute approximate surface area is 180 Å². The van der Waals surface area contributed by atoms with E-state index in [9.17, 15) is 18.0 Å². The molecule has 156 valence electrons. The summed E-state index contributed by atoms with van der Waals surface area (Å²) in [5, 5.41) is 8.61. The van der Waals surface area contributed by atoms with Crippen molar-refractivity contribution in [2.75, 3.05) is 5.75 Å². The minimum atomic E-state index is -4.49. The fourth-order valence-corrected chi connectivity index (χ4v) is 3.78. The number of carbonyl (C=O) groups excluding carboxylic acids is 1. The molecule has 0 aliphatic carbocycles. The van der Waals surface area contributed by atoms with Crippen LogP contribution < -0.4 is 0 Å². The Hall–Kier alpha value is -3.46. The molecule has 0 amide bonds. The molecule has 31 heavy (non-hydrogen) atoms. The molecule has 0 aliphatic heterocycles. The Kier molecular flexibility index (Phi) is 5.85. The quantitative estimate of drug-likeness (QED) is 0.300. The summed E-state index contributed by atoms with van der Waals surface area (Å²) in [5.41, 5.74) is 0.599. The lowest BCUT2D eigenvalue weighted by molar-refractivity contribution is -0.137. The van der Waals surface area contributed by atoms with Gasteiger partial charge in [-0.3, -0.25) is 14.3 Å². The first-order valence-corrected chi connectivity index (χ1v) is 10.2. The van der Waals surface area contributed by atoms with Crippen molar-refractivity contribution >= 4 is 17.5 Å². The number of alkyl halides is 3. The molecule has 0 fully saturated rings. The number of ketones is 1. The van der Waals surface area contributed by atoms with E-state index in [1.54, 1.807) is 54.9 Å². The first-order chi connectivity index (χ1) is 14.9. The van der Waals surface area contributed by atoms with E-state index in [0.29, 0.717) is 22.1 Å². The Bertz CT molecular complexity index is 1190. The van der Waals surface area contributed by atoms with Gasteiger partial charge >= 0.3 is 6.18 Å². The van der Waals surface area contributed by atoms with Crippen LogP contribution in [-0.4, -0.2) is 31.3 Å². The maximum Gasteiger partial charge on any atom is 0.416 e. The molecule has 0 radical (unpaired) electrons. The predicted octanol–water partition coefficient (Wildman–Crippen LogP) is 5.32. The van der Waals surface area contributed by atoms with Crippen LogP contribution in [0.25, 0.3) is 17.1 Å². The van der Waals surface area contributed by atoms with Crippen molar-refractivity contribution in [3.63, 3.8) is 0 Å². The van der Waals surface area contributed by atoms with E-state index in [1.807, 2.05) is 6.07 Å². The maximum absolute atomic E-state index is 13.3. The lowest BCUT2D eigenvalue weighted by Crippen LogP contribution is -2.08. The lowest BCUT2D eigenvalue weighted by atomic mass is 10.2. The molecule has 2 aromatic carbocycles. The third-order valence-electron chi connectivity index (χ3n) is 4.41. The number of aromatic nitrogens is 4. The third kappa shape index (κ3) is 4.66. The van der Waals surface area contributed by atoms with Gasteiger partial charge in [-0.25, -0.2) is 0 Å². The standard InChI is InChI=1S/C22H15F3N4OS/c23-22(24,25)17-9-4-10-18(12-17)29-20(16-8-5-11-26-13-16)27-28-21(29)31-14-19(30)15-6-2-1-3-7-15/h1-13H,14H2. The van der Waals surface area contributed by atoms with Crippen LogP contribution >= 0.6 is 11.8 Å². The Morgan fingerprint density at radius 1 is 0.968 bits per heavy atom. The van der Waals surface area contributed by atoms with Gasteiger partial charge in [0.15, 0.2) is 16.8 Å². The number of Topliss-reactive ketones (excluding diaryl/α,β-unsaturated/α-hetero) is 1. The number of rotatable bonds is 6. The molecule has 2 heterocycles. The van der Waals surface area contributed by atoms with Crippen molar-refractivity contribution < 1.29 is 18.0 Å². The molecule has 0 N–H and O–H groups in total. The zero-order valence-electron chi connectivity index (χ0n) is 16.0. The number of pyridine rings is 1. The van der Waals surface area contributed by atoms with Crippen molar-refractivity contribution in [1.82, 2.24) is 19.7 Å². The summed E-state index contributed by atoms with van der Waals surface area (Å²) in [6.45, 7) is 0. The van der Waals surface area contributed by atoms with Crippen LogP contribution in [0.1, 0.15) is 15.9 Å². The highest BCUT2D eigenvalue weighted by atomic mass is 32.2. The third-order valence-corrected chi connectivity index (χ3v) is 5.34. The number of halogens is 3. The molecule has 2 aromatic heterocycles. The molecule has 0 spiro atoms. The molecule has 0 saturated heterocycles. The van der Waals surface area contributed by atoms with E-state index >= 15 is 0 Å². The normalized spacial score (nSPS) is 11.5. The van der Waals surface area contributed by atoms with Crippen molar-refractivity contribution in [2.24, 2.45) is 0 Å². The second kappa shape index (κ2) is 8.73. The fourth-order valence-electron chi connectivity index (χ4n) is 2.94. The Morgan fingerprint density at radius 3 is 2.48 bits per heavy atom. The van der Waals surface area contributed by atoms with Gasteiger partial charge < -0.3 is 0 Å². The van der Waals surface area contributed by atoms with E-state index in [4.69, 9.17) is 0 Å². The molecule has 0 atom stereocenters. The van der Waals surface area contributed by atoms with Crippen molar-refractivity contribution in [3.05, 3.63) is 90.3 Å². The second-order valence-corrected chi connectivity index (χ2v) is 7.45. The summed E-state index contributed by atoms with van der Waals surface area (Å²) in [6.07, 6.45) is -1.35. The maximum atomic E-state index is 13.3. The molecular weight excluding hydrogens is 425 g/mol. The fraction of sp³-hybridized carbons (Fsp3) is 0.0909. The van der Waals surface area contributed by atoms with Gasteiger partial charge in [0.05, 0.1) is 17.0 Å². The largest absolute Gasteiger partial charge is 0.416 e. The van der Waals surface area contributed by atoms with Gasteiger partial charge in [0.1, 0.15) is 0 Å². The van der Waals surface area contributed by atoms with E-state index in [1.165, 1.54) is 10.6 Å². The van der Waals surface area contributed by atoms with Crippen LogP contribution in [0.3, 0.4) is 0 Å². The molecule has 5 nitrogen and oxygen atoms in total. The lowest BCUT2D eigenvalue weighted by Gasteiger charge is -2.13. The number of benzene rings is 2. The zero-order chi connectivity index (χ0) is 21.8. The minimum Gasteiger partial charge on any atom is -0.293 e. The van der Waals surface area contributed by atoms with Crippen LogP contribution in [0, 0.1) is 0 Å². The summed E-state index contributed by atoms with van der Waals surface area (Å²) >= 11 is 1.11. The summed E-state index contributed by atoms with van der Waals surface area (Å²) in [4.78, 5) is 16.5. The van der Waals surface area contributed by atoms with Gasteiger partial charge in [-0.05, 0) is 30.3 Å². The summed E-state index contributed by atoms with van der Waals surface area (Å²) in [7, 11) is 0. The van der Waals surface area contributed by atoms with Crippen molar-refractivity contribution in [2.45, 2.75) is 11.3 Å². The highest BCUT2D eigenvalue weighted by molar-refractivity contribution is 7.99. The zero-order valence-corrected chi connectivity index (χ0v) is 16.8. The first-order valence-electron chi connectivity index (χ1n) is 9.18. The van der Waals surface area contributed by atoms with E-state index in [2.05, 4.69) is 15.2 Å². The molecule has 4 aromatic rings. The molecular formula is C22H15F3N4OS. The molecule has 0 bridgehead atoms. The smallest absolute Gasteiger partial charge is 0.293 e.